The second-order valence-electron chi connectivity index (χ2n) is 8.09. The van der Waals surface area contributed by atoms with Gasteiger partial charge in [0.25, 0.3) is 11.8 Å². The number of rotatable bonds is 5. The van der Waals surface area contributed by atoms with E-state index in [1.807, 2.05) is 6.07 Å². The molecule has 0 bridgehead atoms. The highest BCUT2D eigenvalue weighted by Crippen LogP contribution is 2.33. The molecule has 1 aromatic carbocycles. The van der Waals surface area contributed by atoms with Crippen LogP contribution in [0.15, 0.2) is 57.5 Å². The van der Waals surface area contributed by atoms with Crippen LogP contribution >= 0.6 is 0 Å². The van der Waals surface area contributed by atoms with E-state index in [1.165, 1.54) is 4.90 Å². The molecule has 0 radical (unpaired) electrons. The second kappa shape index (κ2) is 9.29. The van der Waals surface area contributed by atoms with Gasteiger partial charge >= 0.3 is 5.97 Å². The van der Waals surface area contributed by atoms with Crippen molar-refractivity contribution in [2.75, 3.05) is 6.61 Å². The predicted molar refractivity (Wildman–Crippen MR) is 120 cm³/mol. The highest BCUT2D eigenvalue weighted by Gasteiger charge is 2.40. The normalized spacial score (nSPS) is 18.2. The number of amides is 2. The van der Waals surface area contributed by atoms with Crippen LogP contribution in [0, 0.1) is 11.3 Å². The van der Waals surface area contributed by atoms with E-state index in [-0.39, 0.29) is 29.1 Å². The van der Waals surface area contributed by atoms with E-state index in [0.717, 1.165) is 31.2 Å². The van der Waals surface area contributed by atoms with Crippen molar-refractivity contribution in [3.63, 3.8) is 0 Å². The fourth-order valence-electron chi connectivity index (χ4n) is 4.31. The first-order valence-electron chi connectivity index (χ1n) is 11.0. The average molecular weight is 444 g/mol. The molecule has 0 unspecified atom stereocenters. The number of hydrogen-bond acceptors (Lipinski definition) is 6. The van der Waals surface area contributed by atoms with Gasteiger partial charge in [0.1, 0.15) is 23.2 Å². The fraction of sp³-hybridized carbons (Fsp3) is 0.308. The highest BCUT2D eigenvalue weighted by molar-refractivity contribution is 6.19. The summed E-state index contributed by atoms with van der Waals surface area (Å²) in [6.07, 6.45) is 5.02. The molecule has 168 valence electrons. The minimum absolute atomic E-state index is 0.00548. The van der Waals surface area contributed by atoms with E-state index in [1.54, 1.807) is 56.3 Å². The van der Waals surface area contributed by atoms with Crippen molar-refractivity contribution in [1.82, 2.24) is 4.90 Å². The van der Waals surface area contributed by atoms with Gasteiger partial charge in [-0.3, -0.25) is 14.5 Å². The van der Waals surface area contributed by atoms with Crippen molar-refractivity contribution in [3.05, 3.63) is 64.4 Å². The second-order valence-corrected chi connectivity index (χ2v) is 8.09. The minimum Gasteiger partial charge on any atom is -0.462 e. The Hall–Kier alpha value is -3.92. The van der Waals surface area contributed by atoms with Crippen LogP contribution in [0.4, 0.5) is 0 Å². The summed E-state index contributed by atoms with van der Waals surface area (Å²) in [6, 6.07) is 12.1. The maximum Gasteiger partial charge on any atom is 0.338 e. The van der Waals surface area contributed by atoms with E-state index in [0.29, 0.717) is 29.3 Å². The Kier molecular flexibility index (Phi) is 6.27. The summed E-state index contributed by atoms with van der Waals surface area (Å²) in [5.41, 5.74) is 1.85. The number of nitrogens with zero attached hydrogens (tertiary/aromatic N) is 2. The third-order valence-electron chi connectivity index (χ3n) is 6.06. The number of carbonyl (C=O) groups excluding carboxylic acids is 3. The molecule has 2 aromatic rings. The van der Waals surface area contributed by atoms with E-state index in [4.69, 9.17) is 9.15 Å². The number of furan rings is 1. The molecule has 2 amide bonds. The molecule has 1 aliphatic carbocycles. The molecule has 0 N–H and O–H groups in total. The maximum absolute atomic E-state index is 13.2. The number of ether oxygens (including phenoxy) is 1. The van der Waals surface area contributed by atoms with Crippen LogP contribution in [0.25, 0.3) is 17.4 Å². The lowest BCUT2D eigenvalue weighted by Gasteiger charge is -2.31. The first-order valence-corrected chi connectivity index (χ1v) is 11.0. The van der Waals surface area contributed by atoms with Gasteiger partial charge in [-0.1, -0.05) is 25.0 Å². The molecular formula is C26H24N2O5. The third kappa shape index (κ3) is 4.24. The Morgan fingerprint density at radius 2 is 1.85 bits per heavy atom. The van der Waals surface area contributed by atoms with Crippen molar-refractivity contribution >= 4 is 23.9 Å². The van der Waals surface area contributed by atoms with Crippen molar-refractivity contribution in [2.45, 2.75) is 45.6 Å². The van der Waals surface area contributed by atoms with Crippen LogP contribution in [0.2, 0.25) is 0 Å². The standard InChI is InChI=1S/C26H24N2O5/c1-3-32-26(31)18-10-8-17(9-11-18)23-13-12-20(33-23)14-21-16(2)22(15-27)25(30)28(24(21)29)19-6-4-5-7-19/h8-14,19H,3-7H2,1-2H3/b21-14+. The van der Waals surface area contributed by atoms with E-state index in [9.17, 15) is 19.6 Å². The first kappa shape index (κ1) is 22.3. The quantitative estimate of drug-likeness (QED) is 0.378. The van der Waals surface area contributed by atoms with Crippen LogP contribution in [0.5, 0.6) is 0 Å². The predicted octanol–water partition coefficient (Wildman–Crippen LogP) is 4.66. The minimum atomic E-state index is -0.508. The largest absolute Gasteiger partial charge is 0.462 e. The number of benzene rings is 1. The van der Waals surface area contributed by atoms with Crippen LogP contribution in [-0.2, 0) is 14.3 Å². The van der Waals surface area contributed by atoms with Crippen molar-refractivity contribution in [3.8, 4) is 17.4 Å². The van der Waals surface area contributed by atoms with Gasteiger partial charge in [0.15, 0.2) is 0 Å². The number of carbonyl (C=O) groups is 3. The molecule has 1 aromatic heterocycles. The van der Waals surface area contributed by atoms with Gasteiger partial charge in [0, 0.05) is 17.2 Å². The van der Waals surface area contributed by atoms with Gasteiger partial charge in [0.2, 0.25) is 0 Å². The zero-order valence-electron chi connectivity index (χ0n) is 18.6. The zero-order chi connectivity index (χ0) is 23.5. The van der Waals surface area contributed by atoms with Crippen LogP contribution in [0.1, 0.15) is 55.6 Å². The number of hydrogen-bond donors (Lipinski definition) is 0. The van der Waals surface area contributed by atoms with Gasteiger partial charge in [-0.15, -0.1) is 0 Å². The van der Waals surface area contributed by atoms with Crippen LogP contribution in [0.3, 0.4) is 0 Å². The van der Waals surface area contributed by atoms with E-state index >= 15 is 0 Å². The van der Waals surface area contributed by atoms with Crippen LogP contribution < -0.4 is 0 Å². The van der Waals surface area contributed by atoms with Crippen molar-refractivity contribution in [2.24, 2.45) is 0 Å². The molecule has 4 rings (SSSR count). The number of nitriles is 1. The Morgan fingerprint density at radius 1 is 1.15 bits per heavy atom. The lowest BCUT2D eigenvalue weighted by molar-refractivity contribution is -0.143. The van der Waals surface area contributed by atoms with Gasteiger partial charge < -0.3 is 9.15 Å². The Bertz CT molecular complexity index is 1200. The third-order valence-corrected chi connectivity index (χ3v) is 6.06. The van der Waals surface area contributed by atoms with E-state index in [2.05, 4.69) is 0 Å². The zero-order valence-corrected chi connectivity index (χ0v) is 18.6. The maximum atomic E-state index is 13.2. The molecule has 7 nitrogen and oxygen atoms in total. The molecule has 1 saturated carbocycles. The Morgan fingerprint density at radius 3 is 2.48 bits per heavy atom. The first-order chi connectivity index (χ1) is 15.9. The lowest BCUT2D eigenvalue weighted by atomic mass is 9.93. The lowest BCUT2D eigenvalue weighted by Crippen LogP contribution is -2.47. The number of esters is 1. The molecule has 0 atom stereocenters. The molecule has 1 fully saturated rings. The molecule has 33 heavy (non-hydrogen) atoms. The van der Waals surface area contributed by atoms with Crippen molar-refractivity contribution in [1.29, 1.82) is 5.26 Å². The SMILES string of the molecule is CCOC(=O)c1ccc(-c2ccc(/C=C3/C(=O)N(C4CCCC4)C(=O)C(C#N)=C3C)o2)cc1. The molecule has 2 aliphatic rings. The molecule has 1 aliphatic heterocycles. The summed E-state index contributed by atoms with van der Waals surface area (Å²) >= 11 is 0. The van der Waals surface area contributed by atoms with Gasteiger partial charge in [0.05, 0.1) is 12.2 Å². The summed E-state index contributed by atoms with van der Waals surface area (Å²) in [7, 11) is 0. The highest BCUT2D eigenvalue weighted by atomic mass is 16.5. The Balaban J connectivity index is 1.64. The van der Waals surface area contributed by atoms with Crippen LogP contribution in [-0.4, -0.2) is 35.3 Å². The molecule has 2 heterocycles. The summed E-state index contributed by atoms with van der Waals surface area (Å²) in [5.74, 6) is -0.292. The average Bonchev–Trinajstić information content (AvgIpc) is 3.50. The molecule has 7 heteroatoms. The van der Waals surface area contributed by atoms with E-state index < -0.39 is 5.91 Å². The monoisotopic (exact) mass is 444 g/mol. The van der Waals surface area contributed by atoms with Gasteiger partial charge in [-0.05, 0) is 62.6 Å². The molecule has 0 spiro atoms. The number of imide groups is 1. The summed E-state index contributed by atoms with van der Waals surface area (Å²) in [6.45, 7) is 3.67. The van der Waals surface area contributed by atoms with Gasteiger partial charge in [-0.25, -0.2) is 4.79 Å². The molecule has 0 saturated heterocycles. The molecular weight excluding hydrogens is 420 g/mol. The Labute approximate surface area is 191 Å². The summed E-state index contributed by atoms with van der Waals surface area (Å²) in [4.78, 5) is 39.1. The van der Waals surface area contributed by atoms with Crippen molar-refractivity contribution < 1.29 is 23.5 Å². The fourth-order valence-corrected chi connectivity index (χ4v) is 4.31. The summed E-state index contributed by atoms with van der Waals surface area (Å²) in [5, 5.41) is 9.56. The van der Waals surface area contributed by atoms with Gasteiger partial charge in [-0.2, -0.15) is 5.26 Å². The topological polar surface area (TPSA) is 101 Å². The smallest absolute Gasteiger partial charge is 0.338 e. The summed E-state index contributed by atoms with van der Waals surface area (Å²) < 4.78 is 10.9.